The van der Waals surface area contributed by atoms with Gasteiger partial charge in [0.2, 0.25) is 0 Å². The summed E-state index contributed by atoms with van der Waals surface area (Å²) in [6, 6.07) is 6.26. The number of nitrogens with zero attached hydrogens (tertiary/aromatic N) is 1. The first kappa shape index (κ1) is 7.53. The highest BCUT2D eigenvalue weighted by Crippen LogP contribution is 2.34. The number of aryl methyl sites for hydroxylation is 1. The Labute approximate surface area is 73.3 Å². The van der Waals surface area contributed by atoms with Crippen LogP contribution in [0.3, 0.4) is 0 Å². The van der Waals surface area contributed by atoms with Crippen LogP contribution in [-0.4, -0.2) is 14.1 Å². The van der Waals surface area contributed by atoms with Crippen molar-refractivity contribution in [1.82, 2.24) is 0 Å². The van der Waals surface area contributed by atoms with Crippen LogP contribution in [0, 0.1) is 6.92 Å². The third-order valence-electron chi connectivity index (χ3n) is 2.34. The van der Waals surface area contributed by atoms with E-state index in [1.165, 1.54) is 11.3 Å². The molecule has 12 heavy (non-hydrogen) atoms. The van der Waals surface area contributed by atoms with Crippen LogP contribution in [0.4, 0.5) is 5.69 Å². The van der Waals surface area contributed by atoms with Crippen molar-refractivity contribution < 1.29 is 4.65 Å². The second-order valence-corrected chi connectivity index (χ2v) is 3.30. The quantitative estimate of drug-likeness (QED) is 0.539. The van der Waals surface area contributed by atoms with Gasteiger partial charge in [0.05, 0.1) is 5.69 Å². The Hall–Kier alpha value is -1.12. The lowest BCUT2D eigenvalue weighted by molar-refractivity contribution is 0.597. The van der Waals surface area contributed by atoms with Gasteiger partial charge in [-0.15, -0.1) is 0 Å². The van der Waals surface area contributed by atoms with E-state index >= 15 is 0 Å². The Bertz CT molecular complexity index is 313. The fraction of sp³-hybridized carbons (Fsp3) is 0.333. The Balaban J connectivity index is 2.48. The molecule has 0 spiro atoms. The normalized spacial score (nSPS) is 14.6. The molecule has 0 amide bonds. The van der Waals surface area contributed by atoms with Crippen molar-refractivity contribution in [2.75, 3.05) is 11.9 Å². The molecule has 0 N–H and O–H groups in total. The van der Waals surface area contributed by atoms with Crippen LogP contribution in [0.2, 0.25) is 6.82 Å². The Morgan fingerprint density at radius 1 is 1.42 bits per heavy atom. The molecule has 2 rings (SSSR count). The van der Waals surface area contributed by atoms with Gasteiger partial charge in [-0.3, -0.25) is 0 Å². The molecule has 0 saturated heterocycles. The van der Waals surface area contributed by atoms with Crippen molar-refractivity contribution in [2.24, 2.45) is 0 Å². The molecule has 1 aliphatic rings. The van der Waals surface area contributed by atoms with E-state index in [1.54, 1.807) is 0 Å². The average molecular weight is 161 g/mol. The van der Waals surface area contributed by atoms with Crippen molar-refractivity contribution in [3.63, 3.8) is 0 Å². The molecule has 0 radical (unpaired) electrons. The largest absolute Gasteiger partial charge is 0.540 e. The van der Waals surface area contributed by atoms with Gasteiger partial charge in [-0.1, -0.05) is 6.07 Å². The molecule has 0 aliphatic carbocycles. The van der Waals surface area contributed by atoms with Crippen LogP contribution < -0.4 is 9.47 Å². The van der Waals surface area contributed by atoms with Crippen molar-refractivity contribution in [3.05, 3.63) is 23.8 Å². The van der Waals surface area contributed by atoms with E-state index in [9.17, 15) is 0 Å². The van der Waals surface area contributed by atoms with E-state index in [2.05, 4.69) is 37.7 Å². The molecular weight excluding hydrogens is 149 g/mol. The predicted octanol–water partition coefficient (Wildman–Crippen LogP) is 1.94. The summed E-state index contributed by atoms with van der Waals surface area (Å²) in [5.74, 6) is 0.996. The van der Waals surface area contributed by atoms with Crippen LogP contribution in [0.15, 0.2) is 18.2 Å². The topological polar surface area (TPSA) is 12.5 Å². The van der Waals surface area contributed by atoms with Crippen LogP contribution in [0.5, 0.6) is 5.75 Å². The minimum Gasteiger partial charge on any atom is -0.540 e. The first-order valence-electron chi connectivity index (χ1n) is 4.18. The number of hydrogen-bond donors (Lipinski definition) is 0. The van der Waals surface area contributed by atoms with Gasteiger partial charge in [-0.2, -0.15) is 0 Å². The molecule has 1 heterocycles. The summed E-state index contributed by atoms with van der Waals surface area (Å²) < 4.78 is 5.60. The monoisotopic (exact) mass is 161 g/mol. The molecule has 3 heteroatoms. The summed E-state index contributed by atoms with van der Waals surface area (Å²) in [5, 5.41) is 0. The molecule has 1 aromatic carbocycles. The SMILES string of the molecule is CB1Oc2ccc(C)cc2N1C. The van der Waals surface area contributed by atoms with Crippen molar-refractivity contribution in [2.45, 2.75) is 13.7 Å². The summed E-state index contributed by atoms with van der Waals surface area (Å²) >= 11 is 0. The standard InChI is InChI=1S/C9H12BNO/c1-7-4-5-9-8(6-7)11(3)10(2)12-9/h4-6H,1-3H3. The molecule has 0 bridgehead atoms. The smallest absolute Gasteiger partial charge is 0.479 e. The van der Waals surface area contributed by atoms with E-state index < -0.39 is 0 Å². The minimum absolute atomic E-state index is 0.168. The van der Waals surface area contributed by atoms with E-state index in [-0.39, 0.29) is 7.05 Å². The second-order valence-electron chi connectivity index (χ2n) is 3.30. The summed E-state index contributed by atoms with van der Waals surface area (Å²) in [6.45, 7) is 4.15. The zero-order chi connectivity index (χ0) is 8.72. The molecule has 2 nitrogen and oxygen atoms in total. The van der Waals surface area contributed by atoms with E-state index in [0.29, 0.717) is 0 Å². The highest BCUT2D eigenvalue weighted by Gasteiger charge is 2.28. The van der Waals surface area contributed by atoms with Gasteiger partial charge in [0, 0.05) is 0 Å². The van der Waals surface area contributed by atoms with Gasteiger partial charge in [0.1, 0.15) is 5.75 Å². The molecule has 62 valence electrons. The number of rotatable bonds is 0. The minimum atomic E-state index is 0.168. The molecule has 0 saturated carbocycles. The highest BCUT2D eigenvalue weighted by atomic mass is 16.5. The third kappa shape index (κ3) is 0.968. The summed E-state index contributed by atoms with van der Waals surface area (Å²) in [5.41, 5.74) is 2.47. The number of fused-ring (bicyclic) bond motifs is 1. The maximum atomic E-state index is 5.60. The number of benzene rings is 1. The summed E-state index contributed by atoms with van der Waals surface area (Å²) in [6.07, 6.45) is 0. The molecule has 1 aromatic rings. The second kappa shape index (κ2) is 2.44. The molecule has 0 atom stereocenters. The van der Waals surface area contributed by atoms with Gasteiger partial charge in [-0.25, -0.2) is 0 Å². The zero-order valence-electron chi connectivity index (χ0n) is 7.66. The third-order valence-corrected chi connectivity index (χ3v) is 2.34. The maximum absolute atomic E-state index is 5.60. The zero-order valence-corrected chi connectivity index (χ0v) is 7.66. The van der Waals surface area contributed by atoms with E-state index in [0.717, 1.165) is 5.75 Å². The van der Waals surface area contributed by atoms with Crippen molar-refractivity contribution in [3.8, 4) is 5.75 Å². The molecule has 1 aliphatic heterocycles. The lowest BCUT2D eigenvalue weighted by Gasteiger charge is -2.11. The Kier molecular flexibility index (Phi) is 1.53. The van der Waals surface area contributed by atoms with E-state index in [1.807, 2.05) is 6.07 Å². The van der Waals surface area contributed by atoms with Crippen LogP contribution in [-0.2, 0) is 0 Å². The summed E-state index contributed by atoms with van der Waals surface area (Å²) in [4.78, 5) is 2.14. The molecular formula is C9H12BNO. The number of hydrogen-bond acceptors (Lipinski definition) is 2. The predicted molar refractivity (Wildman–Crippen MR) is 51.8 cm³/mol. The first-order valence-corrected chi connectivity index (χ1v) is 4.18. The summed E-state index contributed by atoms with van der Waals surface area (Å²) in [7, 11) is 2.22. The lowest BCUT2D eigenvalue weighted by Crippen LogP contribution is -2.32. The Morgan fingerprint density at radius 2 is 2.17 bits per heavy atom. The van der Waals surface area contributed by atoms with Crippen LogP contribution in [0.25, 0.3) is 0 Å². The molecule has 0 aromatic heterocycles. The van der Waals surface area contributed by atoms with E-state index in [4.69, 9.17) is 4.65 Å². The van der Waals surface area contributed by atoms with Gasteiger partial charge >= 0.3 is 7.05 Å². The first-order chi connectivity index (χ1) is 5.68. The molecule has 0 fully saturated rings. The maximum Gasteiger partial charge on any atom is 0.479 e. The van der Waals surface area contributed by atoms with Crippen molar-refractivity contribution >= 4 is 12.7 Å². The average Bonchev–Trinajstić information content (AvgIpc) is 2.31. The van der Waals surface area contributed by atoms with Gasteiger partial charge in [0.15, 0.2) is 0 Å². The van der Waals surface area contributed by atoms with Gasteiger partial charge < -0.3 is 9.47 Å². The van der Waals surface area contributed by atoms with Crippen LogP contribution >= 0.6 is 0 Å². The number of anilines is 1. The van der Waals surface area contributed by atoms with Crippen LogP contribution in [0.1, 0.15) is 5.56 Å². The lowest BCUT2D eigenvalue weighted by atomic mass is 9.86. The van der Waals surface area contributed by atoms with Crippen molar-refractivity contribution in [1.29, 1.82) is 0 Å². The fourth-order valence-corrected chi connectivity index (χ4v) is 1.46. The Morgan fingerprint density at radius 3 is 2.92 bits per heavy atom. The van der Waals surface area contributed by atoms with Gasteiger partial charge in [-0.05, 0) is 38.5 Å². The molecule has 0 unspecified atom stereocenters. The fourth-order valence-electron chi connectivity index (χ4n) is 1.46. The highest BCUT2D eigenvalue weighted by molar-refractivity contribution is 6.57. The van der Waals surface area contributed by atoms with Gasteiger partial charge in [0.25, 0.3) is 0 Å².